The van der Waals surface area contributed by atoms with Crippen molar-refractivity contribution in [2.24, 2.45) is 0 Å². The van der Waals surface area contributed by atoms with Gasteiger partial charge in [0.2, 0.25) is 0 Å². The molecule has 0 radical (unpaired) electrons. The molecule has 5 nitrogen and oxygen atoms in total. The van der Waals surface area contributed by atoms with E-state index in [1.54, 1.807) is 31.2 Å². The topological polar surface area (TPSA) is 64.6 Å². The van der Waals surface area contributed by atoms with E-state index in [1.807, 2.05) is 6.07 Å². The van der Waals surface area contributed by atoms with E-state index in [4.69, 9.17) is 15.9 Å². The molecule has 0 aromatic heterocycles. The van der Waals surface area contributed by atoms with Gasteiger partial charge in [0.05, 0.1) is 6.54 Å². The van der Waals surface area contributed by atoms with Crippen LogP contribution < -0.4 is 10.1 Å². The summed E-state index contributed by atoms with van der Waals surface area (Å²) in [5.74, 6) is 1.82. The van der Waals surface area contributed by atoms with Crippen LogP contribution in [-0.2, 0) is 14.3 Å². The van der Waals surface area contributed by atoms with Crippen molar-refractivity contribution in [2.45, 2.75) is 19.4 Å². The van der Waals surface area contributed by atoms with E-state index in [0.717, 1.165) is 0 Å². The number of carbonyl (C=O) groups excluding carboxylic acids is 2. The van der Waals surface area contributed by atoms with Crippen molar-refractivity contribution in [3.8, 4) is 18.1 Å². The van der Waals surface area contributed by atoms with Gasteiger partial charge < -0.3 is 14.8 Å². The first-order valence-corrected chi connectivity index (χ1v) is 6.25. The minimum absolute atomic E-state index is 0.105. The van der Waals surface area contributed by atoms with Crippen molar-refractivity contribution >= 4 is 11.9 Å². The van der Waals surface area contributed by atoms with Crippen molar-refractivity contribution in [3.05, 3.63) is 30.3 Å². The second kappa shape index (κ2) is 8.59. The van der Waals surface area contributed by atoms with E-state index < -0.39 is 18.0 Å². The zero-order chi connectivity index (χ0) is 14.8. The molecule has 0 aliphatic carbocycles. The molecular formula is C15H17NO4. The lowest BCUT2D eigenvalue weighted by Crippen LogP contribution is -2.34. The Morgan fingerprint density at radius 3 is 2.65 bits per heavy atom. The summed E-state index contributed by atoms with van der Waals surface area (Å²) in [6.07, 6.45) is 4.70. The van der Waals surface area contributed by atoms with Crippen LogP contribution in [0.5, 0.6) is 5.75 Å². The minimum atomic E-state index is -0.738. The maximum atomic E-state index is 11.8. The van der Waals surface area contributed by atoms with Crippen molar-refractivity contribution < 1.29 is 19.1 Å². The molecule has 106 valence electrons. The third kappa shape index (κ3) is 5.44. The predicted octanol–water partition coefficient (Wildman–Crippen LogP) is 1.14. The number of rotatable bonds is 7. The van der Waals surface area contributed by atoms with E-state index in [9.17, 15) is 9.59 Å². The Labute approximate surface area is 118 Å². The summed E-state index contributed by atoms with van der Waals surface area (Å²) in [5, 5.41) is 2.40. The molecule has 0 bridgehead atoms. The van der Waals surface area contributed by atoms with Gasteiger partial charge in [-0.2, -0.15) is 0 Å². The standard InChI is InChI=1S/C15H17NO4/c1-3-10-16-14(17)11-19-15(18)13(4-2)20-12-8-6-5-7-9-12/h1,5-9,13H,4,10-11H2,2H3,(H,16,17)/t13-/m1/s1. The quantitative estimate of drug-likeness (QED) is 0.598. The van der Waals surface area contributed by atoms with Gasteiger partial charge in [-0.25, -0.2) is 4.79 Å². The van der Waals surface area contributed by atoms with Gasteiger partial charge in [-0.15, -0.1) is 6.42 Å². The summed E-state index contributed by atoms with van der Waals surface area (Å²) >= 11 is 0. The van der Waals surface area contributed by atoms with Crippen LogP contribution in [0.15, 0.2) is 30.3 Å². The lowest BCUT2D eigenvalue weighted by Gasteiger charge is -2.16. The zero-order valence-corrected chi connectivity index (χ0v) is 11.3. The van der Waals surface area contributed by atoms with E-state index in [1.165, 1.54) is 0 Å². The molecule has 0 saturated heterocycles. The van der Waals surface area contributed by atoms with Gasteiger partial charge in [-0.1, -0.05) is 31.0 Å². The van der Waals surface area contributed by atoms with Crippen LogP contribution in [0.4, 0.5) is 0 Å². The molecule has 0 aliphatic heterocycles. The number of amides is 1. The highest BCUT2D eigenvalue weighted by Crippen LogP contribution is 2.13. The van der Waals surface area contributed by atoms with Gasteiger partial charge in [0.25, 0.3) is 5.91 Å². The van der Waals surface area contributed by atoms with Gasteiger partial charge in [0.1, 0.15) is 5.75 Å². The Morgan fingerprint density at radius 2 is 2.05 bits per heavy atom. The van der Waals surface area contributed by atoms with Gasteiger partial charge in [0, 0.05) is 0 Å². The zero-order valence-electron chi connectivity index (χ0n) is 11.3. The highest BCUT2D eigenvalue weighted by atomic mass is 16.6. The van der Waals surface area contributed by atoms with Crippen molar-refractivity contribution in [1.82, 2.24) is 5.32 Å². The molecule has 5 heteroatoms. The second-order valence-electron chi connectivity index (χ2n) is 3.92. The van der Waals surface area contributed by atoms with Crippen LogP contribution in [0.25, 0.3) is 0 Å². The van der Waals surface area contributed by atoms with E-state index >= 15 is 0 Å². The molecule has 1 N–H and O–H groups in total. The Bertz CT molecular complexity index is 478. The predicted molar refractivity (Wildman–Crippen MR) is 74.0 cm³/mol. The molecule has 1 amide bonds. The molecule has 1 aromatic rings. The number of esters is 1. The number of nitrogens with one attached hydrogen (secondary N) is 1. The molecular weight excluding hydrogens is 258 g/mol. The molecule has 1 rings (SSSR count). The maximum absolute atomic E-state index is 11.8. The Morgan fingerprint density at radius 1 is 1.35 bits per heavy atom. The SMILES string of the molecule is C#CCNC(=O)COC(=O)[C@@H](CC)Oc1ccccc1. The van der Waals surface area contributed by atoms with Gasteiger partial charge >= 0.3 is 5.97 Å². The average Bonchev–Trinajstić information content (AvgIpc) is 2.49. The normalized spacial score (nSPS) is 11.0. The van der Waals surface area contributed by atoms with E-state index in [2.05, 4.69) is 11.2 Å². The average molecular weight is 275 g/mol. The summed E-state index contributed by atoms with van der Waals surface area (Å²) in [7, 11) is 0. The molecule has 20 heavy (non-hydrogen) atoms. The Hall–Kier alpha value is -2.48. The maximum Gasteiger partial charge on any atom is 0.347 e. The fourth-order valence-electron chi connectivity index (χ4n) is 1.39. The van der Waals surface area contributed by atoms with Crippen molar-refractivity contribution in [3.63, 3.8) is 0 Å². The first-order chi connectivity index (χ1) is 9.67. The lowest BCUT2D eigenvalue weighted by molar-refractivity contribution is -0.155. The monoisotopic (exact) mass is 275 g/mol. The molecule has 0 heterocycles. The highest BCUT2D eigenvalue weighted by Gasteiger charge is 2.20. The third-order valence-corrected chi connectivity index (χ3v) is 2.39. The van der Waals surface area contributed by atoms with Crippen LogP contribution in [-0.4, -0.2) is 31.1 Å². The molecule has 0 saturated carbocycles. The van der Waals surface area contributed by atoms with Crippen molar-refractivity contribution in [2.75, 3.05) is 13.2 Å². The first-order valence-electron chi connectivity index (χ1n) is 6.25. The Balaban J connectivity index is 2.43. The molecule has 0 unspecified atom stereocenters. The summed E-state index contributed by atoms with van der Waals surface area (Å²) in [6, 6.07) is 8.95. The number of hydrogen-bond donors (Lipinski definition) is 1. The minimum Gasteiger partial charge on any atom is -0.479 e. The summed E-state index contributed by atoms with van der Waals surface area (Å²) in [6.45, 7) is 1.54. The summed E-state index contributed by atoms with van der Waals surface area (Å²) in [4.78, 5) is 23.0. The summed E-state index contributed by atoms with van der Waals surface area (Å²) < 4.78 is 10.4. The van der Waals surface area contributed by atoms with Crippen LogP contribution in [0.1, 0.15) is 13.3 Å². The van der Waals surface area contributed by atoms with Crippen LogP contribution in [0.2, 0.25) is 0 Å². The second-order valence-corrected chi connectivity index (χ2v) is 3.92. The smallest absolute Gasteiger partial charge is 0.347 e. The molecule has 0 spiro atoms. The first kappa shape index (κ1) is 15.6. The van der Waals surface area contributed by atoms with Crippen LogP contribution in [0, 0.1) is 12.3 Å². The van der Waals surface area contributed by atoms with E-state index in [0.29, 0.717) is 12.2 Å². The van der Waals surface area contributed by atoms with E-state index in [-0.39, 0.29) is 13.2 Å². The molecule has 1 aromatic carbocycles. The van der Waals surface area contributed by atoms with Gasteiger partial charge in [0.15, 0.2) is 12.7 Å². The molecule has 0 aliphatic rings. The van der Waals surface area contributed by atoms with Crippen molar-refractivity contribution in [1.29, 1.82) is 0 Å². The number of para-hydroxylation sites is 1. The molecule has 1 atom stereocenters. The highest BCUT2D eigenvalue weighted by molar-refractivity contribution is 5.82. The largest absolute Gasteiger partial charge is 0.479 e. The van der Waals surface area contributed by atoms with Crippen LogP contribution in [0.3, 0.4) is 0 Å². The number of ether oxygens (including phenoxy) is 2. The number of hydrogen-bond acceptors (Lipinski definition) is 4. The summed E-state index contributed by atoms with van der Waals surface area (Å²) in [5.41, 5.74) is 0. The lowest BCUT2D eigenvalue weighted by atomic mass is 10.2. The number of benzene rings is 1. The van der Waals surface area contributed by atoms with Gasteiger partial charge in [-0.3, -0.25) is 4.79 Å². The molecule has 0 fully saturated rings. The number of carbonyl (C=O) groups is 2. The fraction of sp³-hybridized carbons (Fsp3) is 0.333. The number of terminal acetylenes is 1. The Kier molecular flexibility index (Phi) is 6.69. The fourth-order valence-corrected chi connectivity index (χ4v) is 1.39. The van der Waals surface area contributed by atoms with Crippen LogP contribution >= 0.6 is 0 Å². The van der Waals surface area contributed by atoms with Gasteiger partial charge in [-0.05, 0) is 18.6 Å². The third-order valence-electron chi connectivity index (χ3n) is 2.39.